The Balaban J connectivity index is 2.11. The van der Waals surface area contributed by atoms with E-state index in [2.05, 4.69) is 19.6 Å². The van der Waals surface area contributed by atoms with Gasteiger partial charge in [-0.05, 0) is 6.42 Å². The molecule has 1 rings (SSSR count). The van der Waals surface area contributed by atoms with Gasteiger partial charge in [0.25, 0.3) is 0 Å². The third-order valence-electron chi connectivity index (χ3n) is 2.21. The molecular formula is C8H16O2S. The van der Waals surface area contributed by atoms with E-state index in [1.807, 2.05) is 0 Å². The molecule has 0 atom stereocenters. The lowest BCUT2D eigenvalue weighted by Crippen LogP contribution is -2.45. The summed E-state index contributed by atoms with van der Waals surface area (Å²) in [6, 6.07) is 0. The summed E-state index contributed by atoms with van der Waals surface area (Å²) < 4.78 is 10.6. The number of thiol groups is 1. The van der Waals surface area contributed by atoms with Crippen LogP contribution in [0.2, 0.25) is 0 Å². The van der Waals surface area contributed by atoms with E-state index < -0.39 is 0 Å². The molecule has 0 amide bonds. The van der Waals surface area contributed by atoms with Crippen LogP contribution in [0.25, 0.3) is 0 Å². The van der Waals surface area contributed by atoms with Gasteiger partial charge in [-0.2, -0.15) is 12.6 Å². The van der Waals surface area contributed by atoms with Crippen molar-refractivity contribution in [1.82, 2.24) is 0 Å². The minimum Gasteiger partial charge on any atom is -0.380 e. The predicted molar refractivity (Wildman–Crippen MR) is 48.2 cm³/mol. The molecule has 3 heteroatoms. The maximum Gasteiger partial charge on any atom is 0.0567 e. The highest BCUT2D eigenvalue weighted by atomic mass is 32.1. The number of rotatable bonds is 5. The fourth-order valence-electron chi connectivity index (χ4n) is 1.13. The van der Waals surface area contributed by atoms with Crippen molar-refractivity contribution in [2.24, 2.45) is 5.41 Å². The standard InChI is InChI=1S/C8H16O2S/c1-2-8(6-10-7-8)5-9-3-4-11/h11H,2-7H2,1H3. The molecule has 66 valence electrons. The molecule has 0 aliphatic carbocycles. The maximum atomic E-state index is 5.42. The topological polar surface area (TPSA) is 18.5 Å². The summed E-state index contributed by atoms with van der Waals surface area (Å²) in [6.45, 7) is 5.52. The second-order valence-electron chi connectivity index (χ2n) is 3.12. The van der Waals surface area contributed by atoms with Crippen LogP contribution in [0.15, 0.2) is 0 Å². The Bertz CT molecular complexity index is 107. The van der Waals surface area contributed by atoms with Crippen molar-refractivity contribution in [2.75, 3.05) is 32.2 Å². The summed E-state index contributed by atoms with van der Waals surface area (Å²) in [5.41, 5.74) is 0.336. The lowest BCUT2D eigenvalue weighted by atomic mass is 9.84. The van der Waals surface area contributed by atoms with Gasteiger partial charge in [-0.3, -0.25) is 0 Å². The van der Waals surface area contributed by atoms with Gasteiger partial charge < -0.3 is 9.47 Å². The molecule has 0 bridgehead atoms. The first-order valence-corrected chi connectivity index (χ1v) is 4.72. The zero-order valence-corrected chi connectivity index (χ0v) is 7.90. The van der Waals surface area contributed by atoms with Gasteiger partial charge in [0, 0.05) is 11.2 Å². The Hall–Kier alpha value is 0.270. The Morgan fingerprint density at radius 3 is 2.64 bits per heavy atom. The van der Waals surface area contributed by atoms with Crippen LogP contribution >= 0.6 is 12.6 Å². The molecule has 0 radical (unpaired) electrons. The lowest BCUT2D eigenvalue weighted by Gasteiger charge is -2.40. The average molecular weight is 176 g/mol. The van der Waals surface area contributed by atoms with Gasteiger partial charge in [-0.15, -0.1) is 0 Å². The van der Waals surface area contributed by atoms with Gasteiger partial charge in [0.05, 0.1) is 26.4 Å². The van der Waals surface area contributed by atoms with Gasteiger partial charge in [0.1, 0.15) is 0 Å². The predicted octanol–water partition coefficient (Wildman–Crippen LogP) is 1.36. The van der Waals surface area contributed by atoms with Crippen LogP contribution in [0.1, 0.15) is 13.3 Å². The van der Waals surface area contributed by atoms with Crippen molar-refractivity contribution in [3.8, 4) is 0 Å². The monoisotopic (exact) mass is 176 g/mol. The number of hydrogen-bond donors (Lipinski definition) is 1. The molecule has 11 heavy (non-hydrogen) atoms. The molecular weight excluding hydrogens is 160 g/mol. The van der Waals surface area contributed by atoms with Gasteiger partial charge >= 0.3 is 0 Å². The first kappa shape index (κ1) is 9.36. The Kier molecular flexibility index (Phi) is 3.69. The molecule has 1 heterocycles. The summed E-state index contributed by atoms with van der Waals surface area (Å²) in [4.78, 5) is 0. The van der Waals surface area contributed by atoms with Crippen molar-refractivity contribution in [3.05, 3.63) is 0 Å². The summed E-state index contributed by atoms with van der Waals surface area (Å²) >= 11 is 4.07. The minimum atomic E-state index is 0.336. The molecule has 0 aromatic carbocycles. The highest BCUT2D eigenvalue weighted by Gasteiger charge is 2.36. The third-order valence-corrected chi connectivity index (χ3v) is 2.39. The molecule has 1 saturated heterocycles. The van der Waals surface area contributed by atoms with Crippen LogP contribution in [-0.4, -0.2) is 32.2 Å². The van der Waals surface area contributed by atoms with Crippen molar-refractivity contribution in [1.29, 1.82) is 0 Å². The molecule has 0 spiro atoms. The smallest absolute Gasteiger partial charge is 0.0567 e. The molecule has 1 aliphatic heterocycles. The van der Waals surface area contributed by atoms with Gasteiger partial charge in [0.15, 0.2) is 0 Å². The van der Waals surface area contributed by atoms with E-state index in [-0.39, 0.29) is 0 Å². The third kappa shape index (κ3) is 2.36. The van der Waals surface area contributed by atoms with Gasteiger partial charge in [0.2, 0.25) is 0 Å². The highest BCUT2D eigenvalue weighted by Crippen LogP contribution is 2.31. The first-order valence-electron chi connectivity index (χ1n) is 4.09. The van der Waals surface area contributed by atoms with Crippen LogP contribution in [0.3, 0.4) is 0 Å². The molecule has 1 aliphatic rings. The van der Waals surface area contributed by atoms with E-state index in [0.717, 1.165) is 38.6 Å². The summed E-state index contributed by atoms with van der Waals surface area (Å²) in [5, 5.41) is 0. The number of hydrogen-bond acceptors (Lipinski definition) is 3. The van der Waals surface area contributed by atoms with Gasteiger partial charge in [-0.1, -0.05) is 6.92 Å². The molecule has 0 saturated carbocycles. The quantitative estimate of drug-likeness (QED) is 0.503. The fraction of sp³-hybridized carbons (Fsp3) is 1.00. The van der Waals surface area contributed by atoms with Crippen LogP contribution in [-0.2, 0) is 9.47 Å². The van der Waals surface area contributed by atoms with Crippen molar-refractivity contribution in [2.45, 2.75) is 13.3 Å². The largest absolute Gasteiger partial charge is 0.380 e. The van der Waals surface area contributed by atoms with E-state index in [1.165, 1.54) is 0 Å². The normalized spacial score (nSPS) is 21.3. The summed E-state index contributed by atoms with van der Waals surface area (Å²) in [6.07, 6.45) is 1.15. The Morgan fingerprint density at radius 2 is 2.27 bits per heavy atom. The SMILES string of the molecule is CCC1(COCCS)COC1. The van der Waals surface area contributed by atoms with E-state index in [9.17, 15) is 0 Å². The molecule has 0 aromatic heterocycles. The average Bonchev–Trinajstić information content (AvgIpc) is 1.95. The van der Waals surface area contributed by atoms with Crippen LogP contribution in [0, 0.1) is 5.41 Å². The van der Waals surface area contributed by atoms with Crippen LogP contribution < -0.4 is 0 Å². The molecule has 0 aromatic rings. The molecule has 0 N–H and O–H groups in total. The Labute approximate surface area is 73.7 Å². The zero-order valence-electron chi connectivity index (χ0n) is 7.01. The minimum absolute atomic E-state index is 0.336. The fourth-order valence-corrected chi connectivity index (χ4v) is 1.26. The van der Waals surface area contributed by atoms with E-state index in [0.29, 0.717) is 5.41 Å². The summed E-state index contributed by atoms with van der Waals surface area (Å²) in [5.74, 6) is 0.806. The van der Waals surface area contributed by atoms with E-state index >= 15 is 0 Å². The van der Waals surface area contributed by atoms with Crippen LogP contribution in [0.5, 0.6) is 0 Å². The summed E-state index contributed by atoms with van der Waals surface area (Å²) in [7, 11) is 0. The second kappa shape index (κ2) is 4.33. The first-order chi connectivity index (χ1) is 5.33. The highest BCUT2D eigenvalue weighted by molar-refractivity contribution is 7.80. The Morgan fingerprint density at radius 1 is 1.55 bits per heavy atom. The molecule has 0 unspecified atom stereocenters. The van der Waals surface area contributed by atoms with Crippen molar-refractivity contribution >= 4 is 12.6 Å². The molecule has 1 fully saturated rings. The van der Waals surface area contributed by atoms with Crippen LogP contribution in [0.4, 0.5) is 0 Å². The number of ether oxygens (including phenoxy) is 2. The van der Waals surface area contributed by atoms with E-state index in [1.54, 1.807) is 0 Å². The van der Waals surface area contributed by atoms with Gasteiger partial charge in [-0.25, -0.2) is 0 Å². The van der Waals surface area contributed by atoms with Crippen molar-refractivity contribution < 1.29 is 9.47 Å². The maximum absolute atomic E-state index is 5.42. The van der Waals surface area contributed by atoms with Crippen molar-refractivity contribution in [3.63, 3.8) is 0 Å². The van der Waals surface area contributed by atoms with E-state index in [4.69, 9.17) is 9.47 Å². The molecule has 2 nitrogen and oxygen atoms in total. The lowest BCUT2D eigenvalue weighted by molar-refractivity contribution is -0.148. The zero-order chi connectivity index (χ0) is 8.16. The second-order valence-corrected chi connectivity index (χ2v) is 3.57.